The molecule has 0 saturated carbocycles. The highest BCUT2D eigenvalue weighted by atomic mass is 32.2. The first kappa shape index (κ1) is 22.4. The molecule has 33 heavy (non-hydrogen) atoms. The van der Waals surface area contributed by atoms with Gasteiger partial charge in [-0.3, -0.25) is 19.3 Å². The third-order valence-electron chi connectivity index (χ3n) is 4.92. The number of thioether (sulfide) groups is 1. The minimum absolute atomic E-state index is 0.186. The predicted octanol–water partition coefficient (Wildman–Crippen LogP) is 5.25. The number of ether oxygens (including phenoxy) is 1. The molecule has 7 heteroatoms. The summed E-state index contributed by atoms with van der Waals surface area (Å²) in [6.45, 7) is 2.00. The fourth-order valence-corrected chi connectivity index (χ4v) is 4.19. The van der Waals surface area contributed by atoms with Crippen LogP contribution in [0.4, 0.5) is 10.5 Å². The molecule has 3 aromatic carbocycles. The molecular formula is C26H22N2O4S. The standard InChI is InChI=1S/C26H22N2O4S/c1-18-8-7-9-19(14-18)16-28-25(30)23(33-26(28)31)15-20-10-5-6-13-22(20)32-17-24(29)27-21-11-3-2-4-12-21/h2-15H,16-17H2,1H3,(H,27,29)/b23-15-. The molecule has 0 radical (unpaired) electrons. The van der Waals surface area contributed by atoms with Crippen LogP contribution >= 0.6 is 11.8 Å². The minimum atomic E-state index is -0.344. The lowest BCUT2D eigenvalue weighted by atomic mass is 10.1. The molecule has 1 N–H and O–H groups in total. The van der Waals surface area contributed by atoms with E-state index in [0.29, 0.717) is 21.9 Å². The van der Waals surface area contributed by atoms with Crippen molar-refractivity contribution in [2.45, 2.75) is 13.5 Å². The van der Waals surface area contributed by atoms with Crippen molar-refractivity contribution in [3.63, 3.8) is 0 Å². The van der Waals surface area contributed by atoms with Crippen LogP contribution in [-0.2, 0) is 16.1 Å². The van der Waals surface area contributed by atoms with Crippen LogP contribution in [-0.4, -0.2) is 28.6 Å². The lowest BCUT2D eigenvalue weighted by Crippen LogP contribution is -2.27. The number of benzene rings is 3. The van der Waals surface area contributed by atoms with E-state index < -0.39 is 0 Å². The van der Waals surface area contributed by atoms with Crippen molar-refractivity contribution in [3.8, 4) is 5.75 Å². The van der Waals surface area contributed by atoms with Crippen molar-refractivity contribution in [2.24, 2.45) is 0 Å². The van der Waals surface area contributed by atoms with Crippen molar-refractivity contribution in [3.05, 3.63) is 100 Å². The molecule has 1 heterocycles. The molecule has 0 bridgehead atoms. The molecular weight excluding hydrogens is 436 g/mol. The molecule has 0 atom stereocenters. The molecule has 0 unspecified atom stereocenters. The summed E-state index contributed by atoms with van der Waals surface area (Å²) < 4.78 is 5.70. The summed E-state index contributed by atoms with van der Waals surface area (Å²) in [6, 6.07) is 23.9. The third kappa shape index (κ3) is 5.70. The van der Waals surface area contributed by atoms with E-state index in [1.807, 2.05) is 49.4 Å². The van der Waals surface area contributed by atoms with Gasteiger partial charge in [0.1, 0.15) is 5.75 Å². The van der Waals surface area contributed by atoms with Crippen molar-refractivity contribution in [1.82, 2.24) is 4.90 Å². The Morgan fingerprint density at radius 2 is 1.76 bits per heavy atom. The third-order valence-corrected chi connectivity index (χ3v) is 5.83. The van der Waals surface area contributed by atoms with Crippen LogP contribution in [0.25, 0.3) is 6.08 Å². The Morgan fingerprint density at radius 3 is 2.55 bits per heavy atom. The number of carbonyl (C=O) groups is 3. The Balaban J connectivity index is 1.45. The molecule has 1 aliphatic heterocycles. The number of amides is 3. The zero-order chi connectivity index (χ0) is 23.2. The van der Waals surface area contributed by atoms with Crippen molar-refractivity contribution in [2.75, 3.05) is 11.9 Å². The van der Waals surface area contributed by atoms with Crippen LogP contribution in [0.2, 0.25) is 0 Å². The molecule has 166 valence electrons. The number of anilines is 1. The summed E-state index contributed by atoms with van der Waals surface area (Å²) in [4.78, 5) is 39.2. The van der Waals surface area contributed by atoms with Gasteiger partial charge in [-0.15, -0.1) is 0 Å². The molecule has 1 aliphatic rings. The van der Waals surface area contributed by atoms with Gasteiger partial charge < -0.3 is 10.1 Å². The Morgan fingerprint density at radius 1 is 1.00 bits per heavy atom. The second-order valence-corrected chi connectivity index (χ2v) is 8.49. The van der Waals surface area contributed by atoms with Crippen LogP contribution in [0.5, 0.6) is 5.75 Å². The quantitative estimate of drug-likeness (QED) is 0.490. The number of carbonyl (C=O) groups excluding carboxylic acids is 3. The predicted molar refractivity (Wildman–Crippen MR) is 130 cm³/mol. The number of para-hydroxylation sites is 2. The van der Waals surface area contributed by atoms with Crippen LogP contribution in [0.3, 0.4) is 0 Å². The summed E-state index contributed by atoms with van der Waals surface area (Å²) >= 11 is 0.899. The van der Waals surface area contributed by atoms with Crippen LogP contribution < -0.4 is 10.1 Å². The molecule has 1 saturated heterocycles. The van der Waals surface area contributed by atoms with E-state index in [0.717, 1.165) is 22.9 Å². The monoisotopic (exact) mass is 458 g/mol. The van der Waals surface area contributed by atoms with Crippen molar-refractivity contribution in [1.29, 1.82) is 0 Å². The van der Waals surface area contributed by atoms with Crippen LogP contribution in [0.1, 0.15) is 16.7 Å². The van der Waals surface area contributed by atoms with Gasteiger partial charge in [0, 0.05) is 11.3 Å². The minimum Gasteiger partial charge on any atom is -0.483 e. The normalized spacial score (nSPS) is 14.6. The van der Waals surface area contributed by atoms with Crippen molar-refractivity contribution < 1.29 is 19.1 Å². The molecule has 1 fully saturated rings. The van der Waals surface area contributed by atoms with E-state index in [2.05, 4.69) is 5.32 Å². The first-order chi connectivity index (χ1) is 16.0. The number of hydrogen-bond acceptors (Lipinski definition) is 5. The van der Waals surface area contributed by atoms with Gasteiger partial charge in [-0.2, -0.15) is 0 Å². The van der Waals surface area contributed by atoms with Gasteiger partial charge in [-0.25, -0.2) is 0 Å². The molecule has 3 amide bonds. The number of nitrogens with one attached hydrogen (secondary N) is 1. The number of aryl methyl sites for hydroxylation is 1. The maximum absolute atomic E-state index is 12.9. The van der Waals surface area contributed by atoms with Gasteiger partial charge in [-0.05, 0) is 48.5 Å². The average molecular weight is 459 g/mol. The highest BCUT2D eigenvalue weighted by Gasteiger charge is 2.35. The maximum Gasteiger partial charge on any atom is 0.293 e. The molecule has 3 aromatic rings. The van der Waals surface area contributed by atoms with E-state index in [9.17, 15) is 14.4 Å². The Hall–Kier alpha value is -3.84. The highest BCUT2D eigenvalue weighted by Crippen LogP contribution is 2.35. The molecule has 6 nitrogen and oxygen atoms in total. The second kappa shape index (κ2) is 10.2. The number of hydrogen-bond donors (Lipinski definition) is 1. The van der Waals surface area contributed by atoms with Crippen LogP contribution in [0, 0.1) is 6.92 Å². The second-order valence-electron chi connectivity index (χ2n) is 7.50. The lowest BCUT2D eigenvalue weighted by molar-refractivity contribution is -0.123. The highest BCUT2D eigenvalue weighted by molar-refractivity contribution is 8.18. The fourth-order valence-electron chi connectivity index (χ4n) is 3.36. The van der Waals surface area contributed by atoms with E-state index in [4.69, 9.17) is 4.74 Å². The number of nitrogens with zero attached hydrogens (tertiary/aromatic N) is 1. The SMILES string of the molecule is Cc1cccc(CN2C(=O)S/C(=C\c3ccccc3OCC(=O)Nc3ccccc3)C2=O)c1. The van der Waals surface area contributed by atoms with Crippen LogP contribution in [0.15, 0.2) is 83.8 Å². The Bertz CT molecular complexity index is 1220. The Labute approximate surface area is 196 Å². The van der Waals surface area contributed by atoms with Gasteiger partial charge >= 0.3 is 0 Å². The maximum atomic E-state index is 12.9. The smallest absolute Gasteiger partial charge is 0.293 e. The molecule has 0 spiro atoms. The summed E-state index contributed by atoms with van der Waals surface area (Å²) in [5, 5.41) is 2.45. The summed E-state index contributed by atoms with van der Waals surface area (Å²) in [5.41, 5.74) is 3.26. The number of imide groups is 1. The van der Waals surface area contributed by atoms with E-state index in [1.54, 1.807) is 42.5 Å². The van der Waals surface area contributed by atoms with Gasteiger partial charge in [0.2, 0.25) is 0 Å². The number of rotatable bonds is 7. The average Bonchev–Trinajstić information content (AvgIpc) is 3.06. The van der Waals surface area contributed by atoms with Gasteiger partial charge in [0.05, 0.1) is 11.4 Å². The molecule has 0 aromatic heterocycles. The first-order valence-electron chi connectivity index (χ1n) is 10.4. The zero-order valence-electron chi connectivity index (χ0n) is 18.0. The van der Waals surface area contributed by atoms with Crippen molar-refractivity contribution >= 4 is 40.6 Å². The van der Waals surface area contributed by atoms with Gasteiger partial charge in [-0.1, -0.05) is 66.2 Å². The largest absolute Gasteiger partial charge is 0.483 e. The summed E-state index contributed by atoms with van der Waals surface area (Å²) in [6.07, 6.45) is 1.63. The fraction of sp³-hybridized carbons (Fsp3) is 0.115. The summed E-state index contributed by atoms with van der Waals surface area (Å²) in [7, 11) is 0. The Kier molecular flexibility index (Phi) is 6.90. The van der Waals surface area contributed by atoms with Gasteiger partial charge in [0.25, 0.3) is 17.1 Å². The molecule has 0 aliphatic carbocycles. The van der Waals surface area contributed by atoms with E-state index >= 15 is 0 Å². The summed E-state index contributed by atoms with van der Waals surface area (Å²) in [5.74, 6) is -0.191. The zero-order valence-corrected chi connectivity index (χ0v) is 18.8. The topological polar surface area (TPSA) is 75.7 Å². The first-order valence-corrected chi connectivity index (χ1v) is 11.2. The van der Waals surface area contributed by atoms with E-state index in [-0.39, 0.29) is 30.2 Å². The van der Waals surface area contributed by atoms with E-state index in [1.165, 1.54) is 4.90 Å². The molecule has 4 rings (SSSR count). The lowest BCUT2D eigenvalue weighted by Gasteiger charge is -2.13. The van der Waals surface area contributed by atoms with Gasteiger partial charge in [0.15, 0.2) is 6.61 Å².